The Labute approximate surface area is 217 Å². The first-order chi connectivity index (χ1) is 17.8. The fourth-order valence-electron chi connectivity index (χ4n) is 6.42. The Hall–Kier alpha value is -3.29. The first kappa shape index (κ1) is 24.1. The summed E-state index contributed by atoms with van der Waals surface area (Å²) in [4.78, 5) is 18.7. The van der Waals surface area contributed by atoms with Crippen LogP contribution in [-0.4, -0.2) is 57.8 Å². The molecule has 2 aromatic carbocycles. The van der Waals surface area contributed by atoms with Crippen molar-refractivity contribution in [3.8, 4) is 11.1 Å². The van der Waals surface area contributed by atoms with E-state index in [1.165, 1.54) is 5.56 Å². The average Bonchev–Trinajstić information content (AvgIpc) is 3.30. The molecule has 7 nitrogen and oxygen atoms in total. The lowest BCUT2D eigenvalue weighted by Gasteiger charge is -2.46. The van der Waals surface area contributed by atoms with Crippen molar-refractivity contribution in [2.75, 3.05) is 33.2 Å². The Bertz CT molecular complexity index is 1510. The van der Waals surface area contributed by atoms with E-state index in [4.69, 9.17) is 4.42 Å². The molecule has 0 N–H and O–H groups in total. The predicted molar refractivity (Wildman–Crippen MR) is 146 cm³/mol. The van der Waals surface area contributed by atoms with Gasteiger partial charge in [0, 0.05) is 39.8 Å². The number of nitrogens with zero attached hydrogens (tertiary/aromatic N) is 5. The zero-order chi connectivity index (χ0) is 25.7. The summed E-state index contributed by atoms with van der Waals surface area (Å²) < 4.78 is 8.12. The molecule has 2 aromatic heterocycles. The Kier molecular flexibility index (Phi) is 6.00. The summed E-state index contributed by atoms with van der Waals surface area (Å²) in [5, 5.41) is 9.29. The molecule has 0 amide bonds. The number of benzene rings is 2. The third-order valence-electron chi connectivity index (χ3n) is 8.38. The second kappa shape index (κ2) is 9.23. The van der Waals surface area contributed by atoms with Gasteiger partial charge in [0.15, 0.2) is 0 Å². The van der Waals surface area contributed by atoms with Gasteiger partial charge in [-0.05, 0) is 67.1 Å². The Morgan fingerprint density at radius 2 is 1.86 bits per heavy atom. The Morgan fingerprint density at radius 3 is 2.57 bits per heavy atom. The van der Waals surface area contributed by atoms with E-state index in [0.717, 1.165) is 68.1 Å². The van der Waals surface area contributed by atoms with E-state index in [1.807, 2.05) is 36.7 Å². The lowest BCUT2D eigenvalue weighted by Crippen LogP contribution is -2.43. The molecule has 7 heteroatoms. The van der Waals surface area contributed by atoms with Gasteiger partial charge in [0.05, 0.1) is 16.4 Å². The lowest BCUT2D eigenvalue weighted by atomic mass is 9.58. The molecule has 3 heterocycles. The molecule has 1 aliphatic heterocycles. The minimum absolute atomic E-state index is 0.0245. The van der Waals surface area contributed by atoms with Gasteiger partial charge in [0.1, 0.15) is 24.0 Å². The summed E-state index contributed by atoms with van der Waals surface area (Å²) in [6.07, 6.45) is 5.44. The fraction of sp³-hybridized carbons (Fsp3) is 0.433. The summed E-state index contributed by atoms with van der Waals surface area (Å²) in [5.41, 5.74) is 5.36. The normalized spacial score (nSPS) is 22.9. The van der Waals surface area contributed by atoms with Gasteiger partial charge in [-0.1, -0.05) is 31.2 Å². The van der Waals surface area contributed by atoms with Crippen molar-refractivity contribution in [1.82, 2.24) is 24.6 Å². The molecule has 6 rings (SSSR count). The maximum atomic E-state index is 13.8. The first-order valence-corrected chi connectivity index (χ1v) is 13.3. The van der Waals surface area contributed by atoms with Crippen LogP contribution in [0.4, 0.5) is 0 Å². The third kappa shape index (κ3) is 4.20. The van der Waals surface area contributed by atoms with E-state index in [-0.39, 0.29) is 10.8 Å². The summed E-state index contributed by atoms with van der Waals surface area (Å²) in [6, 6.07) is 12.6. The molecule has 1 saturated carbocycles. The highest BCUT2D eigenvalue weighted by Gasteiger charge is 2.48. The number of aryl methyl sites for hydroxylation is 2. The van der Waals surface area contributed by atoms with Gasteiger partial charge < -0.3 is 13.9 Å². The monoisotopic (exact) mass is 497 g/mol. The van der Waals surface area contributed by atoms with Gasteiger partial charge >= 0.3 is 0 Å². The van der Waals surface area contributed by atoms with Gasteiger partial charge in [0.25, 0.3) is 0 Å². The summed E-state index contributed by atoms with van der Waals surface area (Å²) >= 11 is 0. The van der Waals surface area contributed by atoms with E-state index < -0.39 is 0 Å². The highest BCUT2D eigenvalue weighted by atomic mass is 16.3. The fourth-order valence-corrected chi connectivity index (χ4v) is 6.42. The zero-order valence-corrected chi connectivity index (χ0v) is 22.2. The zero-order valence-electron chi connectivity index (χ0n) is 22.2. The molecular weight excluding hydrogens is 462 g/mol. The van der Waals surface area contributed by atoms with E-state index >= 15 is 0 Å². The maximum absolute atomic E-state index is 13.8. The molecule has 2 aliphatic rings. The number of likely N-dealkylation sites (N-methyl/N-ethyl adjacent to an activating group) is 1. The molecule has 37 heavy (non-hydrogen) atoms. The first-order valence-electron chi connectivity index (χ1n) is 13.3. The van der Waals surface area contributed by atoms with E-state index in [1.54, 1.807) is 12.6 Å². The summed E-state index contributed by atoms with van der Waals surface area (Å²) in [6.45, 7) is 9.39. The molecule has 1 aliphatic carbocycles. The molecule has 1 saturated heterocycles. The van der Waals surface area contributed by atoms with Crippen LogP contribution in [0, 0.1) is 12.8 Å². The van der Waals surface area contributed by atoms with Crippen molar-refractivity contribution in [2.24, 2.45) is 13.0 Å². The van der Waals surface area contributed by atoms with Gasteiger partial charge in [0.2, 0.25) is 5.43 Å². The van der Waals surface area contributed by atoms with Crippen LogP contribution in [0.25, 0.3) is 22.1 Å². The molecule has 0 radical (unpaired) electrons. The Morgan fingerprint density at radius 1 is 1.08 bits per heavy atom. The number of rotatable bonds is 5. The van der Waals surface area contributed by atoms with E-state index in [2.05, 4.69) is 52.2 Å². The highest BCUT2D eigenvalue weighted by molar-refractivity contribution is 5.84. The minimum Gasteiger partial charge on any atom is -0.463 e. The van der Waals surface area contributed by atoms with Gasteiger partial charge in [-0.3, -0.25) is 9.69 Å². The molecule has 0 unspecified atom stereocenters. The van der Waals surface area contributed by atoms with Crippen LogP contribution in [-0.2, 0) is 19.0 Å². The molecule has 0 spiro atoms. The number of hydrogen-bond acceptors (Lipinski definition) is 6. The lowest BCUT2D eigenvalue weighted by molar-refractivity contribution is 0.148. The van der Waals surface area contributed by atoms with Crippen molar-refractivity contribution >= 4 is 11.0 Å². The van der Waals surface area contributed by atoms with Gasteiger partial charge in [-0.2, -0.15) is 0 Å². The smallest absolute Gasteiger partial charge is 0.200 e. The van der Waals surface area contributed by atoms with Gasteiger partial charge in [-0.15, -0.1) is 10.2 Å². The van der Waals surface area contributed by atoms with Crippen LogP contribution in [0.5, 0.6) is 0 Å². The summed E-state index contributed by atoms with van der Waals surface area (Å²) in [5.74, 6) is 1.60. The number of aromatic nitrogens is 3. The van der Waals surface area contributed by atoms with E-state index in [0.29, 0.717) is 22.5 Å². The second-order valence-electron chi connectivity index (χ2n) is 11.3. The second-order valence-corrected chi connectivity index (χ2v) is 11.3. The topological polar surface area (TPSA) is 67.4 Å². The molecular formula is C30H35N5O2. The van der Waals surface area contributed by atoms with E-state index in [9.17, 15) is 4.79 Å². The van der Waals surface area contributed by atoms with Crippen molar-refractivity contribution in [3.05, 3.63) is 81.7 Å². The van der Waals surface area contributed by atoms with Crippen molar-refractivity contribution in [1.29, 1.82) is 0 Å². The van der Waals surface area contributed by atoms with Crippen LogP contribution >= 0.6 is 0 Å². The molecule has 192 valence electrons. The van der Waals surface area contributed by atoms with Crippen molar-refractivity contribution < 1.29 is 4.42 Å². The van der Waals surface area contributed by atoms with Crippen LogP contribution in [0.2, 0.25) is 0 Å². The quantitative estimate of drug-likeness (QED) is 0.408. The standard InChI is InChI=1S/C30H35N5O2/c1-20-15-30(16-20,29-32-31-19-34(29)4)24-7-5-6-23(14-24)26-18-37-28-21(2)12-22(13-25(28)27(26)36)17-35-10-8-33(3)9-11-35/h5-7,12-14,18-20H,8-11,15-17H2,1-4H3. The maximum Gasteiger partial charge on any atom is 0.200 e. The SMILES string of the molecule is Cc1cc(CN2CCN(C)CC2)cc2c(=O)c(-c3cccc(C4(c5nncn5C)CC(C)C4)c3)coc12. The largest absolute Gasteiger partial charge is 0.463 e. The van der Waals surface area contributed by atoms with Crippen LogP contribution in [0.15, 0.2) is 58.2 Å². The van der Waals surface area contributed by atoms with Crippen LogP contribution < -0.4 is 5.43 Å². The third-order valence-corrected chi connectivity index (χ3v) is 8.38. The van der Waals surface area contributed by atoms with Crippen LogP contribution in [0.1, 0.15) is 42.3 Å². The molecule has 0 atom stereocenters. The predicted octanol–water partition coefficient (Wildman–Crippen LogP) is 4.36. The number of piperazine rings is 1. The van der Waals surface area contributed by atoms with Gasteiger partial charge in [-0.25, -0.2) is 0 Å². The molecule has 0 bridgehead atoms. The highest BCUT2D eigenvalue weighted by Crippen LogP contribution is 2.51. The Balaban J connectivity index is 1.38. The van der Waals surface area contributed by atoms with Crippen molar-refractivity contribution in [3.63, 3.8) is 0 Å². The molecule has 2 fully saturated rings. The van der Waals surface area contributed by atoms with Crippen LogP contribution in [0.3, 0.4) is 0 Å². The minimum atomic E-state index is -0.177. The number of hydrogen-bond donors (Lipinski definition) is 0. The van der Waals surface area contributed by atoms with Crippen molar-refractivity contribution in [2.45, 2.75) is 38.6 Å². The summed E-state index contributed by atoms with van der Waals surface area (Å²) in [7, 11) is 4.17. The number of fused-ring (bicyclic) bond motifs is 1. The molecule has 4 aromatic rings. The average molecular weight is 498 g/mol.